The van der Waals surface area contributed by atoms with E-state index in [2.05, 4.69) is 30.2 Å². The zero-order valence-electron chi connectivity index (χ0n) is 17.7. The van der Waals surface area contributed by atoms with Crippen LogP contribution in [0.15, 0.2) is 77.1 Å². The molecule has 158 valence electrons. The maximum absolute atomic E-state index is 13.3. The van der Waals surface area contributed by atoms with Crippen LogP contribution in [0.3, 0.4) is 0 Å². The second-order valence-electron chi connectivity index (χ2n) is 7.21. The first kappa shape index (κ1) is 21.2. The molecule has 3 aromatic rings. The molecule has 1 saturated heterocycles. The summed E-state index contributed by atoms with van der Waals surface area (Å²) in [5.74, 6) is -0.0447. The van der Waals surface area contributed by atoms with Gasteiger partial charge in [-0.3, -0.25) is 9.69 Å². The minimum absolute atomic E-state index is 0.0447. The summed E-state index contributed by atoms with van der Waals surface area (Å²) in [5, 5.41) is 1.80. The molecule has 2 aromatic carbocycles. The lowest BCUT2D eigenvalue weighted by molar-refractivity contribution is -0.122. The van der Waals surface area contributed by atoms with Crippen LogP contribution in [0.2, 0.25) is 0 Å². The van der Waals surface area contributed by atoms with Gasteiger partial charge in [0.1, 0.15) is 0 Å². The molecule has 5 nitrogen and oxygen atoms in total. The molecule has 1 amide bonds. The van der Waals surface area contributed by atoms with Crippen molar-refractivity contribution in [1.29, 1.82) is 0 Å². The number of carbonyl (C=O) groups is 1. The smallest absolute Gasteiger partial charge is 0.266 e. The van der Waals surface area contributed by atoms with Gasteiger partial charge in [0.05, 0.1) is 23.7 Å². The number of hydrogen-bond donors (Lipinski definition) is 0. The number of thioether (sulfide) groups is 1. The molecule has 1 aliphatic rings. The van der Waals surface area contributed by atoms with Crippen LogP contribution in [0, 0.1) is 6.92 Å². The minimum atomic E-state index is -0.0447. The standard InChI is InChI=1S/C25H25N3O2S/c1-4-14-27-18(2)21(20-12-8-9-13-22(20)27)17-23-24(29)28(15-16-30-3)25(31-23)26-19-10-6-5-7-11-19/h4-13,17H,1,14-16H2,2-3H3. The van der Waals surface area contributed by atoms with Crippen molar-refractivity contribution in [2.75, 3.05) is 20.3 Å². The second-order valence-corrected chi connectivity index (χ2v) is 8.21. The highest BCUT2D eigenvalue weighted by molar-refractivity contribution is 8.18. The van der Waals surface area contributed by atoms with Crippen LogP contribution in [0.1, 0.15) is 11.3 Å². The summed E-state index contributed by atoms with van der Waals surface area (Å²) in [6.07, 6.45) is 3.89. The number of amides is 1. The molecular formula is C25H25N3O2S. The summed E-state index contributed by atoms with van der Waals surface area (Å²) in [5.41, 5.74) is 4.12. The number of aromatic nitrogens is 1. The van der Waals surface area contributed by atoms with Crippen LogP contribution in [-0.2, 0) is 16.1 Å². The van der Waals surface area contributed by atoms with Gasteiger partial charge in [-0.2, -0.15) is 0 Å². The van der Waals surface area contributed by atoms with Crippen molar-refractivity contribution in [3.05, 3.63) is 83.4 Å². The summed E-state index contributed by atoms with van der Waals surface area (Å²) in [6.45, 7) is 7.60. The highest BCUT2D eigenvalue weighted by Crippen LogP contribution is 2.36. The Labute approximate surface area is 186 Å². The van der Waals surface area contributed by atoms with Gasteiger partial charge in [0, 0.05) is 35.8 Å². The first-order valence-corrected chi connectivity index (χ1v) is 11.0. The number of benzene rings is 2. The molecule has 0 radical (unpaired) electrons. The van der Waals surface area contributed by atoms with Crippen molar-refractivity contribution in [3.63, 3.8) is 0 Å². The Kier molecular flexibility index (Phi) is 6.39. The van der Waals surface area contributed by atoms with Crippen molar-refractivity contribution in [1.82, 2.24) is 9.47 Å². The molecule has 6 heteroatoms. The fourth-order valence-electron chi connectivity index (χ4n) is 3.72. The van der Waals surface area contributed by atoms with E-state index in [9.17, 15) is 4.79 Å². The van der Waals surface area contributed by atoms with E-state index in [0.29, 0.717) is 23.2 Å². The predicted octanol–water partition coefficient (Wildman–Crippen LogP) is 5.39. The molecule has 4 rings (SSSR count). The second kappa shape index (κ2) is 9.37. The molecule has 31 heavy (non-hydrogen) atoms. The van der Waals surface area contributed by atoms with Crippen LogP contribution in [0.25, 0.3) is 17.0 Å². The van der Waals surface area contributed by atoms with E-state index in [1.54, 1.807) is 12.0 Å². The molecule has 0 atom stereocenters. The highest BCUT2D eigenvalue weighted by atomic mass is 32.2. The van der Waals surface area contributed by atoms with E-state index in [1.807, 2.05) is 54.6 Å². The van der Waals surface area contributed by atoms with Crippen LogP contribution >= 0.6 is 11.8 Å². The number of hydrogen-bond acceptors (Lipinski definition) is 4. The van der Waals surface area contributed by atoms with Crippen LogP contribution in [-0.4, -0.2) is 40.8 Å². The summed E-state index contributed by atoms with van der Waals surface area (Å²) in [6, 6.07) is 18.0. The molecule has 0 spiro atoms. The number of ether oxygens (including phenoxy) is 1. The molecule has 1 aromatic heterocycles. The molecule has 0 N–H and O–H groups in total. The highest BCUT2D eigenvalue weighted by Gasteiger charge is 2.33. The zero-order valence-corrected chi connectivity index (χ0v) is 18.6. The molecule has 0 bridgehead atoms. The number of carbonyl (C=O) groups excluding carboxylic acids is 1. The minimum Gasteiger partial charge on any atom is -0.383 e. The maximum Gasteiger partial charge on any atom is 0.266 e. The number of fused-ring (bicyclic) bond motifs is 1. The van der Waals surface area contributed by atoms with Crippen LogP contribution in [0.5, 0.6) is 0 Å². The fourth-order valence-corrected chi connectivity index (χ4v) is 4.73. The average molecular weight is 432 g/mol. The summed E-state index contributed by atoms with van der Waals surface area (Å²) >= 11 is 1.41. The van der Waals surface area contributed by atoms with Gasteiger partial charge in [-0.15, -0.1) is 6.58 Å². The van der Waals surface area contributed by atoms with E-state index in [0.717, 1.165) is 34.4 Å². The third-order valence-electron chi connectivity index (χ3n) is 5.25. The summed E-state index contributed by atoms with van der Waals surface area (Å²) < 4.78 is 7.44. The Bertz CT molecular complexity index is 1180. The van der Waals surface area contributed by atoms with Crippen LogP contribution < -0.4 is 0 Å². The predicted molar refractivity (Wildman–Crippen MR) is 130 cm³/mol. The number of allylic oxidation sites excluding steroid dienone is 1. The number of aliphatic imine (C=N–C) groups is 1. The Hall–Kier alpha value is -3.09. The Morgan fingerprint density at radius 3 is 2.61 bits per heavy atom. The first-order valence-electron chi connectivity index (χ1n) is 10.2. The third-order valence-corrected chi connectivity index (χ3v) is 6.26. The lowest BCUT2D eigenvalue weighted by Crippen LogP contribution is -2.32. The van der Waals surface area contributed by atoms with Crippen molar-refractivity contribution in [3.8, 4) is 0 Å². The Morgan fingerprint density at radius 2 is 1.87 bits per heavy atom. The van der Waals surface area contributed by atoms with Crippen LogP contribution in [0.4, 0.5) is 5.69 Å². The lowest BCUT2D eigenvalue weighted by atomic mass is 10.1. The van der Waals surface area contributed by atoms with Crippen molar-refractivity contribution in [2.45, 2.75) is 13.5 Å². The van der Waals surface area contributed by atoms with Gasteiger partial charge in [-0.25, -0.2) is 4.99 Å². The van der Waals surface area contributed by atoms with E-state index in [1.165, 1.54) is 11.8 Å². The topological polar surface area (TPSA) is 46.8 Å². The number of nitrogens with zero attached hydrogens (tertiary/aromatic N) is 3. The van der Waals surface area contributed by atoms with E-state index in [-0.39, 0.29) is 5.91 Å². The van der Waals surface area contributed by atoms with Gasteiger partial charge in [-0.05, 0) is 43.0 Å². The molecule has 0 aliphatic carbocycles. The quantitative estimate of drug-likeness (QED) is 0.372. The first-order chi connectivity index (χ1) is 15.1. The number of amidine groups is 1. The van der Waals surface area contributed by atoms with E-state index >= 15 is 0 Å². The van der Waals surface area contributed by atoms with Gasteiger partial charge in [-0.1, -0.05) is 42.5 Å². The summed E-state index contributed by atoms with van der Waals surface area (Å²) in [4.78, 5) is 20.4. The number of methoxy groups -OCH3 is 1. The normalized spacial score (nSPS) is 16.7. The van der Waals surface area contributed by atoms with Gasteiger partial charge < -0.3 is 9.30 Å². The molecule has 0 unspecified atom stereocenters. The van der Waals surface area contributed by atoms with Crippen molar-refractivity contribution >= 4 is 45.5 Å². The Balaban J connectivity index is 1.78. The van der Waals surface area contributed by atoms with Crippen molar-refractivity contribution < 1.29 is 9.53 Å². The summed E-state index contributed by atoms with van der Waals surface area (Å²) in [7, 11) is 1.64. The molecule has 1 fully saturated rings. The third kappa shape index (κ3) is 4.22. The molecule has 2 heterocycles. The largest absolute Gasteiger partial charge is 0.383 e. The number of para-hydroxylation sites is 2. The van der Waals surface area contributed by atoms with E-state index in [4.69, 9.17) is 9.73 Å². The maximum atomic E-state index is 13.3. The zero-order chi connectivity index (χ0) is 21.8. The van der Waals surface area contributed by atoms with E-state index < -0.39 is 0 Å². The fraction of sp³-hybridized carbons (Fsp3) is 0.200. The van der Waals surface area contributed by atoms with Crippen molar-refractivity contribution in [2.24, 2.45) is 4.99 Å². The van der Waals surface area contributed by atoms with Gasteiger partial charge >= 0.3 is 0 Å². The van der Waals surface area contributed by atoms with Gasteiger partial charge in [0.2, 0.25) is 0 Å². The lowest BCUT2D eigenvalue weighted by Gasteiger charge is -2.14. The molecule has 0 saturated carbocycles. The van der Waals surface area contributed by atoms with Gasteiger partial charge in [0.15, 0.2) is 5.17 Å². The monoisotopic (exact) mass is 431 g/mol. The Morgan fingerprint density at radius 1 is 1.13 bits per heavy atom. The average Bonchev–Trinajstić information content (AvgIpc) is 3.22. The van der Waals surface area contributed by atoms with Gasteiger partial charge in [0.25, 0.3) is 5.91 Å². The molecular weight excluding hydrogens is 406 g/mol. The molecule has 1 aliphatic heterocycles. The SMILES string of the molecule is C=CCn1c(C)c(C=C2SC(=Nc3ccccc3)N(CCOC)C2=O)c2ccccc21. The number of rotatable bonds is 7.